The lowest BCUT2D eigenvalue weighted by molar-refractivity contribution is -0.123. The standard InChI is InChI=1S/C44H49N7O6/c1-3-14-37(40(42(54)46-24-28(2)52)50-51-43(55)49-39(30-15-6-4-7-16-30)31-17-8-5-9-18-31)48-41(53)38-23-29(25-45-38)26-47-44(56)57-27-36-34-21-12-10-19-32(34)33-20-11-13-22-35(33)36/h4-13,15-22,29,36-39,45H,3,14,23-27H2,1-2H3,(H,46,54)(H,47,56)(H,48,53)(H2,49,51,55)/t29-,37?,38?/m1/s1. The summed E-state index contributed by atoms with van der Waals surface area (Å²) in [6.07, 6.45) is 0.807. The van der Waals surface area contributed by atoms with Gasteiger partial charge in [0.2, 0.25) is 5.91 Å². The van der Waals surface area contributed by atoms with Crippen molar-refractivity contribution in [2.45, 2.75) is 57.2 Å². The second kappa shape index (κ2) is 19.5. The van der Waals surface area contributed by atoms with Crippen LogP contribution in [0.15, 0.2) is 114 Å². The second-order valence-corrected chi connectivity index (χ2v) is 14.3. The summed E-state index contributed by atoms with van der Waals surface area (Å²) in [4.78, 5) is 64.9. The lowest BCUT2D eigenvalue weighted by atomic mass is 9.98. The van der Waals surface area contributed by atoms with E-state index in [2.05, 4.69) is 61.4 Å². The normalized spacial score (nSPS) is 16.5. The summed E-state index contributed by atoms with van der Waals surface area (Å²) in [5.74, 6) is -1.43. The van der Waals surface area contributed by atoms with Gasteiger partial charge in [0.1, 0.15) is 18.1 Å². The molecule has 4 aromatic carbocycles. The molecule has 1 heterocycles. The van der Waals surface area contributed by atoms with Crippen LogP contribution in [0, 0.1) is 5.92 Å². The number of ether oxygens (including phenoxy) is 1. The highest BCUT2D eigenvalue weighted by molar-refractivity contribution is 6.41. The SMILES string of the molecule is CCCC(NC(=O)C1C[C@@H](CNC(=O)OCC2c3ccccc3-c3ccccc32)CN1)C(=NNC(=O)NC(c1ccccc1)c1ccccc1)C(=O)NCC(C)=O. The van der Waals surface area contributed by atoms with E-state index in [0.29, 0.717) is 32.4 Å². The Morgan fingerprint density at radius 2 is 1.39 bits per heavy atom. The van der Waals surface area contributed by atoms with E-state index in [4.69, 9.17) is 4.74 Å². The lowest BCUT2D eigenvalue weighted by Crippen LogP contribution is -2.53. The molecule has 6 rings (SSSR count). The summed E-state index contributed by atoms with van der Waals surface area (Å²) in [5.41, 5.74) is 8.54. The number of hydrogen-bond acceptors (Lipinski definition) is 8. The average molecular weight is 772 g/mol. The van der Waals surface area contributed by atoms with Gasteiger partial charge in [-0.2, -0.15) is 5.10 Å². The van der Waals surface area contributed by atoms with Gasteiger partial charge in [0.25, 0.3) is 5.91 Å². The predicted octanol–water partition coefficient (Wildman–Crippen LogP) is 4.94. The van der Waals surface area contributed by atoms with Gasteiger partial charge in [-0.3, -0.25) is 14.4 Å². The number of urea groups is 1. The maximum absolute atomic E-state index is 13.6. The number of rotatable bonds is 16. The minimum absolute atomic E-state index is 0.0506. The molecule has 3 atom stereocenters. The lowest BCUT2D eigenvalue weighted by Gasteiger charge is -2.23. The number of nitrogens with zero attached hydrogens (tertiary/aromatic N) is 1. The van der Waals surface area contributed by atoms with Crippen molar-refractivity contribution in [3.05, 3.63) is 131 Å². The van der Waals surface area contributed by atoms with Crippen LogP contribution in [0.1, 0.15) is 67.3 Å². The van der Waals surface area contributed by atoms with Gasteiger partial charge in [-0.15, -0.1) is 0 Å². The Balaban J connectivity index is 1.05. The van der Waals surface area contributed by atoms with Gasteiger partial charge in [-0.05, 0) is 59.1 Å². The Morgan fingerprint density at radius 3 is 1.98 bits per heavy atom. The Labute approximate surface area is 332 Å². The van der Waals surface area contributed by atoms with E-state index < -0.39 is 36.2 Å². The zero-order valence-corrected chi connectivity index (χ0v) is 32.1. The van der Waals surface area contributed by atoms with Crippen LogP contribution in [0.5, 0.6) is 0 Å². The molecule has 6 N–H and O–H groups in total. The smallest absolute Gasteiger partial charge is 0.407 e. The van der Waals surface area contributed by atoms with Gasteiger partial charge >= 0.3 is 12.1 Å². The van der Waals surface area contributed by atoms with Crippen LogP contribution in [-0.4, -0.2) is 73.8 Å². The van der Waals surface area contributed by atoms with Crippen molar-refractivity contribution in [1.82, 2.24) is 32.0 Å². The van der Waals surface area contributed by atoms with Gasteiger partial charge in [-0.25, -0.2) is 15.0 Å². The number of benzene rings is 4. The molecule has 5 amide bonds. The van der Waals surface area contributed by atoms with Crippen molar-refractivity contribution in [2.75, 3.05) is 26.2 Å². The number of alkyl carbamates (subject to hydrolysis) is 1. The van der Waals surface area contributed by atoms with Crippen molar-refractivity contribution >= 4 is 35.4 Å². The van der Waals surface area contributed by atoms with E-state index in [0.717, 1.165) is 33.4 Å². The first-order chi connectivity index (χ1) is 27.7. The van der Waals surface area contributed by atoms with Crippen molar-refractivity contribution in [1.29, 1.82) is 0 Å². The molecule has 296 valence electrons. The van der Waals surface area contributed by atoms with E-state index in [9.17, 15) is 24.0 Å². The zero-order chi connectivity index (χ0) is 40.1. The van der Waals surface area contributed by atoms with Gasteiger partial charge in [0.15, 0.2) is 0 Å². The van der Waals surface area contributed by atoms with Crippen molar-refractivity contribution in [2.24, 2.45) is 11.0 Å². The highest BCUT2D eigenvalue weighted by Gasteiger charge is 2.34. The molecular weight excluding hydrogens is 723 g/mol. The predicted molar refractivity (Wildman–Crippen MR) is 217 cm³/mol. The number of hydrazone groups is 1. The van der Waals surface area contributed by atoms with Crippen LogP contribution in [0.4, 0.5) is 9.59 Å². The minimum atomic E-state index is -0.881. The quantitative estimate of drug-likeness (QED) is 0.0690. The van der Waals surface area contributed by atoms with Crippen LogP contribution in [0.2, 0.25) is 0 Å². The second-order valence-electron chi connectivity index (χ2n) is 14.3. The van der Waals surface area contributed by atoms with Crippen LogP contribution in [0.3, 0.4) is 0 Å². The molecule has 1 aliphatic carbocycles. The monoisotopic (exact) mass is 771 g/mol. The fourth-order valence-electron chi connectivity index (χ4n) is 7.39. The van der Waals surface area contributed by atoms with E-state index in [-0.39, 0.29) is 42.4 Å². The summed E-state index contributed by atoms with van der Waals surface area (Å²) in [6, 6.07) is 32.5. The molecule has 0 spiro atoms. The number of fused-ring (bicyclic) bond motifs is 3. The van der Waals surface area contributed by atoms with Crippen molar-refractivity contribution < 1.29 is 28.7 Å². The fraction of sp³-hybridized carbons (Fsp3) is 0.318. The molecule has 13 heteroatoms. The molecule has 1 saturated heterocycles. The van der Waals surface area contributed by atoms with Crippen molar-refractivity contribution in [3.63, 3.8) is 0 Å². The third-order valence-electron chi connectivity index (χ3n) is 10.2. The number of nitrogens with one attached hydrogen (secondary N) is 6. The van der Waals surface area contributed by atoms with Crippen LogP contribution in [0.25, 0.3) is 11.1 Å². The Hall–Kier alpha value is -6.34. The molecule has 4 aromatic rings. The van der Waals surface area contributed by atoms with Crippen molar-refractivity contribution in [3.8, 4) is 11.1 Å². The van der Waals surface area contributed by atoms with Crippen LogP contribution < -0.4 is 32.0 Å². The van der Waals surface area contributed by atoms with Gasteiger partial charge < -0.3 is 31.3 Å². The Kier molecular flexibility index (Phi) is 13.8. The summed E-state index contributed by atoms with van der Waals surface area (Å²) in [5, 5.41) is 18.7. The first-order valence-corrected chi connectivity index (χ1v) is 19.4. The highest BCUT2D eigenvalue weighted by atomic mass is 16.5. The summed E-state index contributed by atoms with van der Waals surface area (Å²) in [6.45, 7) is 3.97. The molecule has 0 aromatic heterocycles. The van der Waals surface area contributed by atoms with E-state index >= 15 is 0 Å². The zero-order valence-electron chi connectivity index (χ0n) is 32.1. The molecule has 13 nitrogen and oxygen atoms in total. The maximum atomic E-state index is 13.6. The Bertz CT molecular complexity index is 1990. The van der Waals surface area contributed by atoms with E-state index in [1.54, 1.807) is 0 Å². The molecule has 1 fully saturated rings. The summed E-state index contributed by atoms with van der Waals surface area (Å²) in [7, 11) is 0. The molecule has 0 saturated carbocycles. The number of carbonyl (C=O) groups excluding carboxylic acids is 5. The Morgan fingerprint density at radius 1 is 0.789 bits per heavy atom. The molecule has 1 aliphatic heterocycles. The first-order valence-electron chi connectivity index (χ1n) is 19.4. The third kappa shape index (κ3) is 10.5. The van der Waals surface area contributed by atoms with Gasteiger partial charge in [-0.1, -0.05) is 123 Å². The average Bonchev–Trinajstić information content (AvgIpc) is 3.84. The summed E-state index contributed by atoms with van der Waals surface area (Å²) >= 11 is 0. The maximum Gasteiger partial charge on any atom is 0.407 e. The topological polar surface area (TPSA) is 179 Å². The summed E-state index contributed by atoms with van der Waals surface area (Å²) < 4.78 is 5.69. The van der Waals surface area contributed by atoms with Crippen LogP contribution >= 0.6 is 0 Å². The third-order valence-corrected chi connectivity index (χ3v) is 10.2. The largest absolute Gasteiger partial charge is 0.449 e. The molecule has 57 heavy (non-hydrogen) atoms. The molecular formula is C44H49N7O6. The van der Waals surface area contributed by atoms with E-state index in [1.807, 2.05) is 91.9 Å². The van der Waals surface area contributed by atoms with E-state index in [1.165, 1.54) is 6.92 Å². The minimum Gasteiger partial charge on any atom is -0.449 e. The van der Waals surface area contributed by atoms with Crippen LogP contribution in [-0.2, 0) is 19.1 Å². The fourth-order valence-corrected chi connectivity index (χ4v) is 7.39. The number of hydrogen-bond donors (Lipinski definition) is 6. The van der Waals surface area contributed by atoms with Gasteiger partial charge in [0.05, 0.1) is 24.7 Å². The molecule has 2 unspecified atom stereocenters. The van der Waals surface area contributed by atoms with Gasteiger partial charge in [0, 0.05) is 19.0 Å². The highest BCUT2D eigenvalue weighted by Crippen LogP contribution is 2.44. The molecule has 0 radical (unpaired) electrons. The number of carbonyl (C=O) groups is 5. The number of amides is 5. The number of ketones is 1. The number of Topliss-reactive ketones (excluding diaryl/α,β-unsaturated/α-hetero) is 1. The first kappa shape index (κ1) is 40.3. The molecule has 0 bridgehead atoms. The molecule has 2 aliphatic rings.